The van der Waals surface area contributed by atoms with Gasteiger partial charge < -0.3 is 0 Å². The Morgan fingerprint density at radius 2 is 2.86 bits per heavy atom. The van der Waals surface area contributed by atoms with Gasteiger partial charge in [-0.15, -0.1) is 0 Å². The van der Waals surface area contributed by atoms with Crippen LogP contribution in [0.2, 0.25) is 0 Å². The highest BCUT2D eigenvalue weighted by Crippen LogP contribution is 2.26. The van der Waals surface area contributed by atoms with Crippen LogP contribution >= 0.6 is 0 Å². The molecule has 0 N–H and O–H groups in total. The Labute approximate surface area is 95.3 Å². The zero-order chi connectivity index (χ0) is 16.9. The van der Waals surface area contributed by atoms with E-state index >= 15 is 0 Å². The van der Waals surface area contributed by atoms with Crippen LogP contribution in [0.15, 0.2) is 11.8 Å². The average Bonchev–Trinajstić information content (AvgIpc) is 2.74. The van der Waals surface area contributed by atoms with E-state index < -0.39 is 32.0 Å². The summed E-state index contributed by atoms with van der Waals surface area (Å²) in [5.41, 5.74) is -0.390. The second-order valence-electron chi connectivity index (χ2n) is 3.35. The lowest BCUT2D eigenvalue weighted by Gasteiger charge is -2.28. The van der Waals surface area contributed by atoms with Gasteiger partial charge >= 0.3 is 0 Å². The van der Waals surface area contributed by atoms with Crippen molar-refractivity contribution in [2.75, 3.05) is 26.6 Å². The number of amides is 1. The summed E-state index contributed by atoms with van der Waals surface area (Å²) < 4.78 is 58.9. The quantitative estimate of drug-likeness (QED) is 0.618. The molecule has 1 amide bonds. The summed E-state index contributed by atoms with van der Waals surface area (Å²) in [7, 11) is -3.08. The zero-order valence-electron chi connectivity index (χ0n) is 15.5. The van der Waals surface area contributed by atoms with E-state index in [9.17, 15) is 4.79 Å². The molecule has 2 rings (SSSR count). The van der Waals surface area contributed by atoms with Crippen molar-refractivity contribution in [1.29, 1.82) is 0 Å². The summed E-state index contributed by atoms with van der Waals surface area (Å²) in [6.45, 7) is -4.46. The molecule has 2 bridgehead atoms. The van der Waals surface area contributed by atoms with E-state index in [4.69, 9.17) is 11.0 Å². The number of hydrogen-bond acceptors (Lipinski definition) is 3. The summed E-state index contributed by atoms with van der Waals surface area (Å²) in [6.07, 6.45) is 2.03. The van der Waals surface area contributed by atoms with Gasteiger partial charge in [-0.05, 0) is 18.9 Å². The third-order valence-electron chi connectivity index (χ3n) is 2.39. The third-order valence-corrected chi connectivity index (χ3v) is 2.39. The maximum absolute atomic E-state index is 12.0. The maximum atomic E-state index is 12.0. The van der Waals surface area contributed by atoms with Gasteiger partial charge in [0.05, 0.1) is 16.8 Å². The van der Waals surface area contributed by atoms with Crippen molar-refractivity contribution >= 4 is 5.91 Å². The van der Waals surface area contributed by atoms with Gasteiger partial charge in [-0.2, -0.15) is 5.06 Å². The van der Waals surface area contributed by atoms with E-state index in [1.807, 2.05) is 0 Å². The monoisotopic (exact) mass is 204 g/mol. The molecule has 0 spiro atoms. The van der Waals surface area contributed by atoms with Crippen molar-refractivity contribution in [2.24, 2.45) is 5.92 Å². The van der Waals surface area contributed by atoms with E-state index in [-0.39, 0.29) is 11.0 Å². The normalized spacial score (nSPS) is 43.9. The van der Waals surface area contributed by atoms with Crippen LogP contribution in [0.4, 0.5) is 0 Å². The van der Waals surface area contributed by atoms with E-state index in [1.54, 1.807) is 0 Å². The van der Waals surface area contributed by atoms with Crippen molar-refractivity contribution in [3.8, 4) is 0 Å². The number of hydroxylamine groups is 2. The molecule has 4 nitrogen and oxygen atoms in total. The van der Waals surface area contributed by atoms with Gasteiger partial charge in [0.2, 0.25) is 5.91 Å². The number of fused-ring (bicyclic) bond motifs is 2. The Morgan fingerprint density at radius 3 is 3.64 bits per heavy atom. The molecule has 0 aromatic rings. The number of nitrogens with zero attached hydrogens (tertiary/aromatic N) is 2. The SMILES string of the molecule is [2H]C([2H])([2H])ON(C(=O)C([2H])([2H])[2H])C1=CC2CCN(C2)C1([2H])[2H]. The molecule has 0 aliphatic carbocycles. The van der Waals surface area contributed by atoms with E-state index in [0.717, 1.165) is 0 Å². The number of rotatable bonds is 2. The zero-order valence-corrected chi connectivity index (χ0v) is 7.49. The lowest BCUT2D eigenvalue weighted by molar-refractivity contribution is -0.164. The minimum atomic E-state index is -3.14. The molecule has 1 saturated heterocycles. The Kier molecular flexibility index (Phi) is 1.04. The van der Waals surface area contributed by atoms with Gasteiger partial charge in [0.25, 0.3) is 0 Å². The molecular weight excluding hydrogens is 180 g/mol. The molecule has 0 aromatic carbocycles. The largest absolute Gasteiger partial charge is 0.297 e. The first-order chi connectivity index (χ1) is 9.82. The van der Waals surface area contributed by atoms with Crippen LogP contribution in [-0.2, 0) is 9.63 Å². The second kappa shape index (κ2) is 3.71. The van der Waals surface area contributed by atoms with Crippen LogP contribution in [-0.4, -0.2) is 42.5 Å². The van der Waals surface area contributed by atoms with Crippen LogP contribution in [0.5, 0.6) is 0 Å². The third kappa shape index (κ3) is 1.67. The fraction of sp³-hybridized carbons (Fsp3) is 0.700. The Hall–Kier alpha value is -0.870. The summed E-state index contributed by atoms with van der Waals surface area (Å²) in [5.74, 6) is -1.66. The first kappa shape index (κ1) is 3.94. The van der Waals surface area contributed by atoms with Crippen molar-refractivity contribution in [2.45, 2.75) is 13.3 Å². The van der Waals surface area contributed by atoms with Gasteiger partial charge in [0, 0.05) is 26.7 Å². The smallest absolute Gasteiger partial charge is 0.247 e. The summed E-state index contributed by atoms with van der Waals surface area (Å²) in [5, 5.41) is 0.0878. The van der Waals surface area contributed by atoms with E-state index in [1.165, 1.54) is 11.0 Å². The van der Waals surface area contributed by atoms with Gasteiger partial charge in [0.1, 0.15) is 0 Å². The average molecular weight is 204 g/mol. The molecule has 2 aliphatic rings. The summed E-state index contributed by atoms with van der Waals surface area (Å²) in [4.78, 5) is 18.0. The molecule has 2 atom stereocenters. The molecule has 2 unspecified atom stereocenters. The molecular formula is C10H16N2O2. The van der Waals surface area contributed by atoms with Crippen LogP contribution in [0.25, 0.3) is 0 Å². The molecule has 14 heavy (non-hydrogen) atoms. The van der Waals surface area contributed by atoms with Crippen LogP contribution in [0, 0.1) is 5.92 Å². The summed E-state index contributed by atoms with van der Waals surface area (Å²) >= 11 is 0. The second-order valence-corrected chi connectivity index (χ2v) is 3.35. The van der Waals surface area contributed by atoms with E-state index in [2.05, 4.69) is 4.84 Å². The lowest BCUT2D eigenvalue weighted by Crippen LogP contribution is -2.36. The maximum Gasteiger partial charge on any atom is 0.247 e. The highest BCUT2D eigenvalue weighted by Gasteiger charge is 2.29. The highest BCUT2D eigenvalue weighted by molar-refractivity contribution is 5.74. The van der Waals surface area contributed by atoms with Gasteiger partial charge in [-0.1, -0.05) is 6.08 Å². The molecule has 2 aliphatic heterocycles. The van der Waals surface area contributed by atoms with Crippen molar-refractivity contribution in [1.82, 2.24) is 9.96 Å². The minimum absolute atomic E-state index is 0.0778. The van der Waals surface area contributed by atoms with Gasteiger partial charge in [-0.25, -0.2) is 0 Å². The molecule has 0 radical (unpaired) electrons. The van der Waals surface area contributed by atoms with Crippen LogP contribution in [0.1, 0.15) is 24.2 Å². The number of hydrogen-bond donors (Lipinski definition) is 0. The molecule has 78 valence electrons. The van der Waals surface area contributed by atoms with Crippen molar-refractivity contribution in [3.05, 3.63) is 11.8 Å². The standard InChI is InChI=1S/C10H16N2O2/c1-8(13)12(14-2)10-5-9-3-4-11(6-9)7-10/h5,9H,3-4,6-7H2,1-2H3/i1D3,2D3,7D2. The molecule has 0 aromatic heterocycles. The summed E-state index contributed by atoms with van der Waals surface area (Å²) in [6, 6.07) is 0. The predicted octanol–water partition coefficient (Wildman–Crippen LogP) is 0.616. The molecule has 2 heterocycles. The molecule has 4 heteroatoms. The first-order valence-corrected chi connectivity index (χ1v) is 4.33. The topological polar surface area (TPSA) is 32.8 Å². The first-order valence-electron chi connectivity index (χ1n) is 8.33. The van der Waals surface area contributed by atoms with Gasteiger partial charge in [0.15, 0.2) is 0 Å². The fourth-order valence-corrected chi connectivity index (χ4v) is 1.76. The van der Waals surface area contributed by atoms with Crippen LogP contribution in [0.3, 0.4) is 0 Å². The number of carbonyl (C=O) groups is 1. The lowest BCUT2D eigenvalue weighted by atomic mass is 10.1. The Bertz CT molecular complexity index is 498. The Balaban J connectivity index is 2.42. The minimum Gasteiger partial charge on any atom is -0.297 e. The predicted molar refractivity (Wildman–Crippen MR) is 52.2 cm³/mol. The Morgan fingerprint density at radius 1 is 1.93 bits per heavy atom. The van der Waals surface area contributed by atoms with E-state index in [0.29, 0.717) is 19.5 Å². The number of carbonyl (C=O) groups excluding carboxylic acids is 1. The highest BCUT2D eigenvalue weighted by atomic mass is 16.7. The molecule has 1 fully saturated rings. The fourth-order valence-electron chi connectivity index (χ4n) is 1.76. The molecule has 0 saturated carbocycles. The van der Waals surface area contributed by atoms with Gasteiger partial charge in [-0.3, -0.25) is 14.5 Å². The van der Waals surface area contributed by atoms with Crippen LogP contribution < -0.4 is 0 Å². The van der Waals surface area contributed by atoms with Crippen molar-refractivity contribution < 1.29 is 20.6 Å². The van der Waals surface area contributed by atoms with Crippen molar-refractivity contribution in [3.63, 3.8) is 0 Å².